The van der Waals surface area contributed by atoms with Gasteiger partial charge < -0.3 is 16.8 Å². The average Bonchev–Trinajstić information content (AvgIpc) is 2.66. The molecule has 5 N–H and O–H groups in total. The second-order valence-electron chi connectivity index (χ2n) is 6.05. The highest BCUT2D eigenvalue weighted by Crippen LogP contribution is 2.31. The lowest BCUT2D eigenvalue weighted by Crippen LogP contribution is -2.17. The summed E-state index contributed by atoms with van der Waals surface area (Å²) in [5.74, 6) is -5.87. The normalized spacial score (nSPS) is 10.8. The van der Waals surface area contributed by atoms with E-state index >= 15 is 0 Å². The van der Waals surface area contributed by atoms with E-state index in [0.29, 0.717) is 3.57 Å². The van der Waals surface area contributed by atoms with E-state index in [0.717, 1.165) is 6.07 Å². The molecule has 0 spiro atoms. The number of rotatable bonds is 5. The highest BCUT2D eigenvalue weighted by Gasteiger charge is 2.23. The van der Waals surface area contributed by atoms with Crippen molar-refractivity contribution in [2.75, 3.05) is 11.1 Å². The zero-order valence-electron chi connectivity index (χ0n) is 14.6. The van der Waals surface area contributed by atoms with Crippen molar-refractivity contribution >= 4 is 45.7 Å². The summed E-state index contributed by atoms with van der Waals surface area (Å²) in [6, 6.07) is 6.26. The average molecular weight is 516 g/mol. The number of aromatic nitrogens is 1. The molecular weight excluding hydrogens is 503 g/mol. The molecule has 1 amide bonds. The molecule has 29 heavy (non-hydrogen) atoms. The molecule has 3 rings (SSSR count). The molecule has 0 saturated carbocycles. The van der Waals surface area contributed by atoms with Crippen LogP contribution in [-0.4, -0.2) is 10.9 Å². The van der Waals surface area contributed by atoms with E-state index in [1.165, 1.54) is 30.5 Å². The van der Waals surface area contributed by atoms with Crippen LogP contribution in [0.4, 0.5) is 34.8 Å². The molecule has 3 aromatic rings. The van der Waals surface area contributed by atoms with Gasteiger partial charge in [-0.1, -0.05) is 0 Å². The maximum absolute atomic E-state index is 14.8. The van der Waals surface area contributed by atoms with Crippen LogP contribution in [0, 0.1) is 26.8 Å². The van der Waals surface area contributed by atoms with Gasteiger partial charge in [-0.05, 0) is 64.0 Å². The first-order valence-corrected chi connectivity index (χ1v) is 9.18. The van der Waals surface area contributed by atoms with E-state index in [2.05, 4.69) is 10.3 Å². The van der Waals surface area contributed by atoms with Gasteiger partial charge in [0.1, 0.15) is 5.82 Å². The molecule has 0 saturated heterocycles. The maximum atomic E-state index is 14.8. The molecule has 0 aliphatic carbocycles. The lowest BCUT2D eigenvalue weighted by Gasteiger charge is -2.15. The van der Waals surface area contributed by atoms with Crippen molar-refractivity contribution < 1.29 is 22.4 Å². The monoisotopic (exact) mass is 516 g/mol. The summed E-state index contributed by atoms with van der Waals surface area (Å²) in [6.45, 7) is 0. The summed E-state index contributed by atoms with van der Waals surface area (Å²) in [5.41, 5.74) is 9.10. The first-order chi connectivity index (χ1) is 13.7. The maximum Gasteiger partial charge on any atom is 0.250 e. The summed E-state index contributed by atoms with van der Waals surface area (Å²) >= 11 is 1.88. The number of carbonyl (C=O) groups is 1. The number of halogens is 5. The number of primary amides is 1. The summed E-state index contributed by atoms with van der Waals surface area (Å²) in [6.07, 6.45) is 0.812. The lowest BCUT2D eigenvalue weighted by atomic mass is 10.00. The zero-order chi connectivity index (χ0) is 21.3. The van der Waals surface area contributed by atoms with Crippen LogP contribution in [0.2, 0.25) is 0 Å². The van der Waals surface area contributed by atoms with Gasteiger partial charge in [0.2, 0.25) is 0 Å². The number of amides is 1. The summed E-state index contributed by atoms with van der Waals surface area (Å²) in [7, 11) is 0. The van der Waals surface area contributed by atoms with Crippen LogP contribution < -0.4 is 16.8 Å². The van der Waals surface area contributed by atoms with Crippen molar-refractivity contribution in [3.63, 3.8) is 0 Å². The number of nitrogen functional groups attached to an aromatic ring is 1. The van der Waals surface area contributed by atoms with Crippen LogP contribution >= 0.6 is 22.6 Å². The molecule has 0 radical (unpaired) electrons. The van der Waals surface area contributed by atoms with E-state index < -0.39 is 52.7 Å². The van der Waals surface area contributed by atoms with E-state index in [-0.39, 0.29) is 16.8 Å². The molecule has 2 aromatic carbocycles. The largest absolute Gasteiger partial charge is 0.381 e. The predicted molar refractivity (Wildman–Crippen MR) is 109 cm³/mol. The second kappa shape index (κ2) is 8.23. The number of anilines is 3. The first kappa shape index (κ1) is 20.8. The Morgan fingerprint density at radius 1 is 1.03 bits per heavy atom. The number of pyridine rings is 1. The Morgan fingerprint density at radius 2 is 1.76 bits per heavy atom. The summed E-state index contributed by atoms with van der Waals surface area (Å²) in [5, 5.41) is 2.37. The number of nitrogens with two attached hydrogens (primary N) is 2. The van der Waals surface area contributed by atoms with Gasteiger partial charge in [-0.15, -0.1) is 0 Å². The van der Waals surface area contributed by atoms with Crippen LogP contribution in [0.5, 0.6) is 0 Å². The van der Waals surface area contributed by atoms with Gasteiger partial charge in [0.25, 0.3) is 5.91 Å². The fraction of sp³-hybridized carbons (Fsp3) is 0.0526. The van der Waals surface area contributed by atoms with Crippen molar-refractivity contribution in [1.29, 1.82) is 0 Å². The summed E-state index contributed by atoms with van der Waals surface area (Å²) < 4.78 is 58.2. The van der Waals surface area contributed by atoms with E-state index in [1.807, 2.05) is 22.6 Å². The molecule has 5 nitrogen and oxygen atoms in total. The van der Waals surface area contributed by atoms with Crippen LogP contribution in [-0.2, 0) is 6.42 Å². The van der Waals surface area contributed by atoms with Crippen molar-refractivity contribution in [2.45, 2.75) is 6.42 Å². The van der Waals surface area contributed by atoms with Crippen molar-refractivity contribution in [1.82, 2.24) is 4.98 Å². The smallest absolute Gasteiger partial charge is 0.250 e. The Bertz CT molecular complexity index is 1120. The molecule has 0 aliphatic heterocycles. The molecular formula is C19H13F4IN4O. The minimum absolute atomic E-state index is 0.0457. The number of nitrogens with one attached hydrogen (secondary N) is 1. The zero-order valence-corrected chi connectivity index (χ0v) is 16.7. The van der Waals surface area contributed by atoms with Crippen LogP contribution in [0.1, 0.15) is 21.5 Å². The minimum atomic E-state index is -1.45. The Kier molecular flexibility index (Phi) is 5.91. The van der Waals surface area contributed by atoms with Gasteiger partial charge in [0.05, 0.1) is 16.9 Å². The molecule has 0 bridgehead atoms. The Morgan fingerprint density at radius 3 is 2.41 bits per heavy atom. The highest BCUT2D eigenvalue weighted by molar-refractivity contribution is 14.1. The van der Waals surface area contributed by atoms with Gasteiger partial charge in [-0.3, -0.25) is 4.79 Å². The number of hydrogen-bond donors (Lipinski definition) is 3. The number of benzene rings is 2. The van der Waals surface area contributed by atoms with E-state index in [1.54, 1.807) is 0 Å². The quantitative estimate of drug-likeness (QED) is 0.349. The van der Waals surface area contributed by atoms with Gasteiger partial charge in [0, 0.05) is 16.2 Å². The first-order valence-electron chi connectivity index (χ1n) is 8.10. The fourth-order valence-electron chi connectivity index (χ4n) is 2.69. The third kappa shape index (κ3) is 4.26. The minimum Gasteiger partial charge on any atom is -0.381 e. The Balaban J connectivity index is 2.08. The Labute approximate surface area is 176 Å². The molecule has 0 atom stereocenters. The SMILES string of the molecule is NC(=O)c1cc(Cc2ccnc(N)c2F)c(F)c(F)c1Nc1ccc(I)cc1F. The second-order valence-corrected chi connectivity index (χ2v) is 7.29. The van der Waals surface area contributed by atoms with Gasteiger partial charge in [0.15, 0.2) is 23.3 Å². The molecule has 1 aromatic heterocycles. The predicted octanol–water partition coefficient (Wildman–Crippen LogP) is 4.26. The third-order valence-electron chi connectivity index (χ3n) is 4.12. The van der Waals surface area contributed by atoms with Crippen LogP contribution in [0.25, 0.3) is 0 Å². The number of carbonyl (C=O) groups excluding carboxylic acids is 1. The topological polar surface area (TPSA) is 94.0 Å². The summed E-state index contributed by atoms with van der Waals surface area (Å²) in [4.78, 5) is 15.4. The molecule has 0 fully saturated rings. The molecule has 10 heteroatoms. The molecule has 0 aliphatic rings. The van der Waals surface area contributed by atoms with E-state index in [9.17, 15) is 22.4 Å². The Hall–Kier alpha value is -2.89. The lowest BCUT2D eigenvalue weighted by molar-refractivity contribution is 0.100. The van der Waals surface area contributed by atoms with Gasteiger partial charge in [-0.2, -0.15) is 0 Å². The van der Waals surface area contributed by atoms with Gasteiger partial charge in [-0.25, -0.2) is 22.5 Å². The molecule has 150 valence electrons. The van der Waals surface area contributed by atoms with Crippen molar-refractivity contribution in [3.05, 3.63) is 80.1 Å². The number of nitrogens with zero attached hydrogens (tertiary/aromatic N) is 1. The van der Waals surface area contributed by atoms with Gasteiger partial charge >= 0.3 is 0 Å². The fourth-order valence-corrected chi connectivity index (χ4v) is 3.15. The van der Waals surface area contributed by atoms with Crippen molar-refractivity contribution in [3.8, 4) is 0 Å². The highest BCUT2D eigenvalue weighted by atomic mass is 127. The standard InChI is InChI=1S/C19H13F4IN4O/c20-12-7-10(24)1-2-13(12)28-17-11(19(26)29)6-9(14(21)16(17)23)5-8-3-4-27-18(25)15(8)22/h1-4,6-7,28H,5H2,(H2,25,27)(H2,26,29). The van der Waals surface area contributed by atoms with Crippen molar-refractivity contribution in [2.24, 2.45) is 5.73 Å². The van der Waals surface area contributed by atoms with E-state index in [4.69, 9.17) is 11.5 Å². The third-order valence-corrected chi connectivity index (χ3v) is 4.79. The number of hydrogen-bond acceptors (Lipinski definition) is 4. The molecule has 1 heterocycles. The van der Waals surface area contributed by atoms with Crippen LogP contribution in [0.15, 0.2) is 36.5 Å². The molecule has 0 unspecified atom stereocenters. The van der Waals surface area contributed by atoms with Crippen LogP contribution in [0.3, 0.4) is 0 Å².